The fourth-order valence-corrected chi connectivity index (χ4v) is 2.81. The lowest BCUT2D eigenvalue weighted by atomic mass is 9.91. The molecule has 1 amide bonds. The first-order valence-electron chi connectivity index (χ1n) is 7.62. The fourth-order valence-electron chi connectivity index (χ4n) is 2.81. The van der Waals surface area contributed by atoms with E-state index in [-0.39, 0.29) is 18.2 Å². The van der Waals surface area contributed by atoms with E-state index in [9.17, 15) is 18.4 Å². The molecule has 1 aliphatic rings. The molecule has 2 aromatic heterocycles. The van der Waals surface area contributed by atoms with Crippen molar-refractivity contribution in [2.45, 2.75) is 12.8 Å². The Balaban J connectivity index is 1.75. The minimum Gasteiger partial charge on any atom is -0.336 e. The smallest absolute Gasteiger partial charge is 0.275 e. The van der Waals surface area contributed by atoms with Crippen LogP contribution in [0.4, 0.5) is 8.78 Å². The van der Waals surface area contributed by atoms with Crippen molar-refractivity contribution in [2.24, 2.45) is 5.92 Å². The summed E-state index contributed by atoms with van der Waals surface area (Å²) < 4.78 is 26.7. The highest BCUT2D eigenvalue weighted by molar-refractivity contribution is 5.97. The van der Waals surface area contributed by atoms with Crippen molar-refractivity contribution in [3.8, 4) is 0 Å². The van der Waals surface area contributed by atoms with Gasteiger partial charge in [0.15, 0.2) is 17.3 Å². The Morgan fingerprint density at radius 3 is 2.75 bits per heavy atom. The Kier molecular flexibility index (Phi) is 4.59. The molecule has 1 unspecified atom stereocenters. The van der Waals surface area contributed by atoms with Gasteiger partial charge >= 0.3 is 0 Å². The summed E-state index contributed by atoms with van der Waals surface area (Å²) in [6, 6.07) is 5.70. The molecule has 7 heteroatoms. The van der Waals surface area contributed by atoms with Crippen LogP contribution in [0.15, 0.2) is 36.7 Å². The average molecular weight is 331 g/mol. The van der Waals surface area contributed by atoms with Crippen LogP contribution in [0, 0.1) is 17.6 Å². The number of hydrogen-bond donors (Lipinski definition) is 0. The summed E-state index contributed by atoms with van der Waals surface area (Å²) in [5.74, 6) is -3.00. The first-order chi connectivity index (χ1) is 11.6. The molecule has 24 heavy (non-hydrogen) atoms. The molecule has 1 fully saturated rings. The SMILES string of the molecule is O=C(c1ccccn1)C1CCCN(C(=O)c2ncc(F)cc2F)C1. The molecule has 0 N–H and O–H groups in total. The summed E-state index contributed by atoms with van der Waals surface area (Å²) in [6.07, 6.45) is 3.60. The summed E-state index contributed by atoms with van der Waals surface area (Å²) in [5, 5.41) is 0. The largest absolute Gasteiger partial charge is 0.336 e. The van der Waals surface area contributed by atoms with Crippen LogP contribution >= 0.6 is 0 Å². The molecule has 0 spiro atoms. The quantitative estimate of drug-likeness (QED) is 0.811. The van der Waals surface area contributed by atoms with Crippen LogP contribution in [0.1, 0.15) is 33.8 Å². The second-order valence-electron chi connectivity index (χ2n) is 5.65. The van der Waals surface area contributed by atoms with E-state index < -0.39 is 23.2 Å². The normalized spacial score (nSPS) is 17.6. The van der Waals surface area contributed by atoms with Gasteiger partial charge in [0.25, 0.3) is 5.91 Å². The molecule has 0 radical (unpaired) electrons. The van der Waals surface area contributed by atoms with Crippen molar-refractivity contribution in [3.63, 3.8) is 0 Å². The van der Waals surface area contributed by atoms with Crippen molar-refractivity contribution in [2.75, 3.05) is 13.1 Å². The Hall–Kier alpha value is -2.70. The van der Waals surface area contributed by atoms with Crippen LogP contribution in [0.3, 0.4) is 0 Å². The van der Waals surface area contributed by atoms with Gasteiger partial charge in [0.05, 0.1) is 6.20 Å². The van der Waals surface area contributed by atoms with Gasteiger partial charge in [0.2, 0.25) is 0 Å². The molecule has 0 aromatic carbocycles. The predicted molar refractivity (Wildman–Crippen MR) is 81.3 cm³/mol. The van der Waals surface area contributed by atoms with Crippen LogP contribution in [-0.4, -0.2) is 39.6 Å². The van der Waals surface area contributed by atoms with E-state index in [0.29, 0.717) is 31.1 Å². The molecule has 2 aromatic rings. The minimum atomic E-state index is -1.00. The fraction of sp³-hybridized carbons (Fsp3) is 0.294. The summed E-state index contributed by atoms with van der Waals surface area (Å²) >= 11 is 0. The Morgan fingerprint density at radius 2 is 2.04 bits per heavy atom. The zero-order chi connectivity index (χ0) is 17.1. The van der Waals surface area contributed by atoms with Crippen molar-refractivity contribution in [3.05, 3.63) is 59.7 Å². The monoisotopic (exact) mass is 331 g/mol. The lowest BCUT2D eigenvalue weighted by Crippen LogP contribution is -2.43. The van der Waals surface area contributed by atoms with Crippen LogP contribution < -0.4 is 0 Å². The molecule has 1 atom stereocenters. The molecule has 3 rings (SSSR count). The number of likely N-dealkylation sites (tertiary alicyclic amines) is 1. The number of pyridine rings is 2. The topological polar surface area (TPSA) is 63.2 Å². The summed E-state index contributed by atoms with van der Waals surface area (Å²) in [7, 11) is 0. The molecule has 1 aliphatic heterocycles. The Labute approximate surface area is 137 Å². The van der Waals surface area contributed by atoms with Crippen molar-refractivity contribution < 1.29 is 18.4 Å². The third-order valence-corrected chi connectivity index (χ3v) is 4.01. The third kappa shape index (κ3) is 3.29. The molecule has 0 bridgehead atoms. The first kappa shape index (κ1) is 16.2. The van der Waals surface area contributed by atoms with Gasteiger partial charge in [-0.15, -0.1) is 0 Å². The summed E-state index contributed by atoms with van der Waals surface area (Å²) in [5.41, 5.74) is -0.0785. The zero-order valence-electron chi connectivity index (χ0n) is 12.8. The number of nitrogens with zero attached hydrogens (tertiary/aromatic N) is 3. The number of halogens is 2. The number of hydrogen-bond acceptors (Lipinski definition) is 4. The number of amides is 1. The summed E-state index contributed by atoms with van der Waals surface area (Å²) in [4.78, 5) is 33.9. The van der Waals surface area contributed by atoms with Crippen molar-refractivity contribution in [1.82, 2.24) is 14.9 Å². The second kappa shape index (κ2) is 6.82. The maximum atomic E-state index is 13.7. The van der Waals surface area contributed by atoms with Crippen molar-refractivity contribution >= 4 is 11.7 Å². The number of aromatic nitrogens is 2. The maximum Gasteiger partial charge on any atom is 0.275 e. The van der Waals surface area contributed by atoms with Crippen LogP contribution in [-0.2, 0) is 0 Å². The number of ketones is 1. The van der Waals surface area contributed by atoms with Gasteiger partial charge in [0, 0.05) is 31.3 Å². The molecule has 5 nitrogen and oxygen atoms in total. The second-order valence-corrected chi connectivity index (χ2v) is 5.65. The van der Waals surface area contributed by atoms with Crippen LogP contribution in [0.25, 0.3) is 0 Å². The Bertz CT molecular complexity index is 768. The van der Waals surface area contributed by atoms with Crippen LogP contribution in [0.5, 0.6) is 0 Å². The lowest BCUT2D eigenvalue weighted by molar-refractivity contribution is 0.0626. The van der Waals surface area contributed by atoms with E-state index in [1.54, 1.807) is 18.2 Å². The van der Waals surface area contributed by atoms with Gasteiger partial charge in [-0.05, 0) is 25.0 Å². The highest BCUT2D eigenvalue weighted by Crippen LogP contribution is 2.22. The van der Waals surface area contributed by atoms with Gasteiger partial charge in [-0.3, -0.25) is 14.6 Å². The highest BCUT2D eigenvalue weighted by atomic mass is 19.1. The highest BCUT2D eigenvalue weighted by Gasteiger charge is 2.31. The number of rotatable bonds is 3. The van der Waals surface area contributed by atoms with E-state index in [0.717, 1.165) is 6.20 Å². The molecule has 0 aliphatic carbocycles. The van der Waals surface area contributed by atoms with Crippen molar-refractivity contribution in [1.29, 1.82) is 0 Å². The molecule has 124 valence electrons. The average Bonchev–Trinajstić information content (AvgIpc) is 2.61. The van der Waals surface area contributed by atoms with E-state index >= 15 is 0 Å². The Morgan fingerprint density at radius 1 is 1.21 bits per heavy atom. The molecule has 0 saturated carbocycles. The third-order valence-electron chi connectivity index (χ3n) is 4.01. The minimum absolute atomic E-state index is 0.138. The van der Waals surface area contributed by atoms with Gasteiger partial charge in [-0.25, -0.2) is 13.8 Å². The molecule has 3 heterocycles. The maximum absolute atomic E-state index is 13.7. The number of piperidine rings is 1. The van der Waals surface area contributed by atoms with Crippen LogP contribution in [0.2, 0.25) is 0 Å². The van der Waals surface area contributed by atoms with Gasteiger partial charge < -0.3 is 4.90 Å². The summed E-state index contributed by atoms with van der Waals surface area (Å²) in [6.45, 7) is 0.579. The van der Waals surface area contributed by atoms with E-state index in [2.05, 4.69) is 9.97 Å². The molecule has 1 saturated heterocycles. The number of carbonyl (C=O) groups is 2. The molecular formula is C17H15F2N3O2. The van der Waals surface area contributed by atoms with E-state index in [1.807, 2.05) is 0 Å². The number of Topliss-reactive ketones (excluding diaryl/α,β-unsaturated/α-hetero) is 1. The number of carbonyl (C=O) groups excluding carboxylic acids is 2. The van der Waals surface area contributed by atoms with Gasteiger partial charge in [-0.2, -0.15) is 0 Å². The standard InChI is InChI=1S/C17H15F2N3O2/c18-12-8-13(19)15(21-9-12)17(24)22-7-3-4-11(10-22)16(23)14-5-1-2-6-20-14/h1-2,5-6,8-9,11H,3-4,7,10H2. The van der Waals surface area contributed by atoms with Gasteiger partial charge in [-0.1, -0.05) is 6.07 Å². The molecular weight excluding hydrogens is 316 g/mol. The predicted octanol–water partition coefficient (Wildman–Crippen LogP) is 2.49. The van der Waals surface area contributed by atoms with E-state index in [4.69, 9.17) is 0 Å². The van der Waals surface area contributed by atoms with Gasteiger partial charge in [0.1, 0.15) is 11.5 Å². The van der Waals surface area contributed by atoms with E-state index in [1.165, 1.54) is 11.1 Å². The first-order valence-corrected chi connectivity index (χ1v) is 7.62. The lowest BCUT2D eigenvalue weighted by Gasteiger charge is -2.31. The zero-order valence-corrected chi connectivity index (χ0v) is 12.8.